The van der Waals surface area contributed by atoms with Crippen LogP contribution in [-0.4, -0.2) is 6.54 Å². The van der Waals surface area contributed by atoms with Crippen molar-refractivity contribution in [3.05, 3.63) is 64.2 Å². The van der Waals surface area contributed by atoms with E-state index in [1.807, 2.05) is 6.07 Å². The van der Waals surface area contributed by atoms with Gasteiger partial charge in [0.15, 0.2) is 0 Å². The number of anilines is 1. The summed E-state index contributed by atoms with van der Waals surface area (Å²) in [6.45, 7) is 1.96. The number of hydrogen-bond acceptors (Lipinski definition) is 1. The summed E-state index contributed by atoms with van der Waals surface area (Å²) < 4.78 is 0. The summed E-state index contributed by atoms with van der Waals surface area (Å²) in [6, 6.07) is 14.8. The first-order valence-electron chi connectivity index (χ1n) is 6.94. The van der Waals surface area contributed by atoms with Crippen LogP contribution in [0, 0.1) is 0 Å². The van der Waals surface area contributed by atoms with Gasteiger partial charge >= 0.3 is 0 Å². The molecular weight excluding hydrogens is 289 g/mol. The van der Waals surface area contributed by atoms with Gasteiger partial charge in [0, 0.05) is 19.0 Å². The highest BCUT2D eigenvalue weighted by molar-refractivity contribution is 6.33. The van der Waals surface area contributed by atoms with Crippen LogP contribution in [0.4, 0.5) is 5.69 Å². The zero-order chi connectivity index (χ0) is 13.9. The predicted molar refractivity (Wildman–Crippen MR) is 86.8 cm³/mol. The van der Waals surface area contributed by atoms with E-state index < -0.39 is 0 Å². The highest BCUT2D eigenvalue weighted by Crippen LogP contribution is 2.31. The Hall–Kier alpha value is -1.18. The lowest BCUT2D eigenvalue weighted by Gasteiger charge is -2.24. The number of hydrogen-bond donors (Lipinski definition) is 0. The molecule has 0 atom stereocenters. The molecular formula is C17H17Cl2N. The fraction of sp³-hybridized carbons (Fsp3) is 0.294. The van der Waals surface area contributed by atoms with Crippen molar-refractivity contribution in [2.75, 3.05) is 11.4 Å². The summed E-state index contributed by atoms with van der Waals surface area (Å²) in [5.41, 5.74) is 5.04. The molecule has 0 aromatic heterocycles. The molecule has 0 saturated heterocycles. The van der Waals surface area contributed by atoms with Crippen molar-refractivity contribution in [1.82, 2.24) is 0 Å². The molecule has 0 aliphatic carbocycles. The Morgan fingerprint density at radius 2 is 1.85 bits per heavy atom. The molecule has 0 bridgehead atoms. The van der Waals surface area contributed by atoms with E-state index in [9.17, 15) is 0 Å². The standard InChI is InChI=1S/C17H17Cl2N/c18-11-13-7-8-17(16(19)10-13)20-9-3-6-14-4-1-2-5-15(14)12-20/h1-2,4-5,7-8,10H,3,6,9,11-12H2. The van der Waals surface area contributed by atoms with Gasteiger partial charge in [-0.05, 0) is 41.7 Å². The van der Waals surface area contributed by atoms with Gasteiger partial charge in [0.25, 0.3) is 0 Å². The average molecular weight is 306 g/mol. The first kappa shape index (κ1) is 13.8. The summed E-state index contributed by atoms with van der Waals surface area (Å²) in [5.74, 6) is 0.503. The van der Waals surface area contributed by atoms with Crippen molar-refractivity contribution in [1.29, 1.82) is 0 Å². The summed E-state index contributed by atoms with van der Waals surface area (Å²) in [5, 5.41) is 0.794. The lowest BCUT2D eigenvalue weighted by atomic mass is 10.0. The van der Waals surface area contributed by atoms with Gasteiger partial charge in [0.2, 0.25) is 0 Å². The van der Waals surface area contributed by atoms with Crippen LogP contribution in [0.5, 0.6) is 0 Å². The van der Waals surface area contributed by atoms with E-state index in [0.29, 0.717) is 5.88 Å². The van der Waals surface area contributed by atoms with Gasteiger partial charge in [-0.3, -0.25) is 0 Å². The van der Waals surface area contributed by atoms with Crippen LogP contribution in [0.1, 0.15) is 23.1 Å². The van der Waals surface area contributed by atoms with Crippen LogP contribution >= 0.6 is 23.2 Å². The van der Waals surface area contributed by atoms with E-state index in [-0.39, 0.29) is 0 Å². The molecule has 104 valence electrons. The molecule has 3 rings (SSSR count). The Balaban J connectivity index is 1.91. The molecule has 0 spiro atoms. The minimum Gasteiger partial charge on any atom is -0.366 e. The largest absolute Gasteiger partial charge is 0.366 e. The SMILES string of the molecule is ClCc1ccc(N2CCCc3ccccc3C2)c(Cl)c1. The van der Waals surface area contributed by atoms with Crippen molar-refractivity contribution < 1.29 is 0 Å². The maximum absolute atomic E-state index is 6.42. The number of benzene rings is 2. The molecule has 0 amide bonds. The molecule has 1 nitrogen and oxygen atoms in total. The number of fused-ring (bicyclic) bond motifs is 1. The molecule has 0 fully saturated rings. The van der Waals surface area contributed by atoms with Crippen molar-refractivity contribution >= 4 is 28.9 Å². The first-order valence-corrected chi connectivity index (χ1v) is 7.85. The third-order valence-electron chi connectivity index (χ3n) is 3.86. The van der Waals surface area contributed by atoms with Gasteiger partial charge in [-0.25, -0.2) is 0 Å². The fourth-order valence-corrected chi connectivity index (χ4v) is 3.29. The Morgan fingerprint density at radius 3 is 2.60 bits per heavy atom. The minimum atomic E-state index is 0.503. The molecule has 1 heterocycles. The van der Waals surface area contributed by atoms with E-state index in [4.69, 9.17) is 23.2 Å². The molecule has 20 heavy (non-hydrogen) atoms. The first-order chi connectivity index (χ1) is 9.78. The number of rotatable bonds is 2. The molecule has 0 saturated carbocycles. The van der Waals surface area contributed by atoms with Gasteiger partial charge in [-0.15, -0.1) is 11.6 Å². The maximum atomic E-state index is 6.42. The summed E-state index contributed by atoms with van der Waals surface area (Å²) in [7, 11) is 0. The highest BCUT2D eigenvalue weighted by Gasteiger charge is 2.16. The smallest absolute Gasteiger partial charge is 0.0642 e. The lowest BCUT2D eigenvalue weighted by Crippen LogP contribution is -2.22. The van der Waals surface area contributed by atoms with Crippen molar-refractivity contribution in [2.24, 2.45) is 0 Å². The second-order valence-corrected chi connectivity index (χ2v) is 5.89. The van der Waals surface area contributed by atoms with Crippen LogP contribution in [-0.2, 0) is 18.8 Å². The van der Waals surface area contributed by atoms with E-state index in [1.165, 1.54) is 11.1 Å². The second kappa shape index (κ2) is 6.07. The lowest BCUT2D eigenvalue weighted by molar-refractivity contribution is 0.766. The maximum Gasteiger partial charge on any atom is 0.0642 e. The summed E-state index contributed by atoms with van der Waals surface area (Å²) in [4.78, 5) is 2.37. The second-order valence-electron chi connectivity index (χ2n) is 5.21. The van der Waals surface area contributed by atoms with Crippen LogP contribution in [0.2, 0.25) is 5.02 Å². The Bertz CT molecular complexity index is 610. The Kier molecular flexibility index (Phi) is 4.18. The van der Waals surface area contributed by atoms with Crippen LogP contribution in [0.25, 0.3) is 0 Å². The van der Waals surface area contributed by atoms with Gasteiger partial charge in [-0.1, -0.05) is 41.9 Å². The Labute approximate surface area is 130 Å². The number of nitrogens with zero attached hydrogens (tertiary/aromatic N) is 1. The van der Waals surface area contributed by atoms with Gasteiger partial charge in [0.05, 0.1) is 10.7 Å². The summed E-state index contributed by atoms with van der Waals surface area (Å²) in [6.07, 6.45) is 2.30. The molecule has 2 aromatic rings. The third-order valence-corrected chi connectivity index (χ3v) is 4.47. The van der Waals surface area contributed by atoms with Crippen molar-refractivity contribution in [3.8, 4) is 0 Å². The van der Waals surface area contributed by atoms with E-state index in [2.05, 4.69) is 41.3 Å². The monoisotopic (exact) mass is 305 g/mol. The number of halogens is 2. The molecule has 1 aliphatic rings. The van der Waals surface area contributed by atoms with E-state index in [1.54, 1.807) is 0 Å². The minimum absolute atomic E-state index is 0.503. The zero-order valence-corrected chi connectivity index (χ0v) is 12.8. The van der Waals surface area contributed by atoms with E-state index >= 15 is 0 Å². The van der Waals surface area contributed by atoms with Gasteiger partial charge in [-0.2, -0.15) is 0 Å². The summed E-state index contributed by atoms with van der Waals surface area (Å²) >= 11 is 12.3. The third kappa shape index (κ3) is 2.79. The van der Waals surface area contributed by atoms with Gasteiger partial charge in [0.1, 0.15) is 0 Å². The van der Waals surface area contributed by atoms with Crippen LogP contribution in [0.3, 0.4) is 0 Å². The molecule has 3 heteroatoms. The number of alkyl halides is 1. The molecule has 0 unspecified atom stereocenters. The number of aryl methyl sites for hydroxylation is 1. The van der Waals surface area contributed by atoms with Gasteiger partial charge < -0.3 is 4.90 Å². The van der Waals surface area contributed by atoms with Crippen LogP contribution < -0.4 is 4.90 Å². The van der Waals surface area contributed by atoms with Crippen molar-refractivity contribution in [3.63, 3.8) is 0 Å². The van der Waals surface area contributed by atoms with Crippen molar-refractivity contribution in [2.45, 2.75) is 25.3 Å². The predicted octanol–water partition coefficient (Wildman–Crippen LogP) is 5.03. The Morgan fingerprint density at radius 1 is 1.05 bits per heavy atom. The molecule has 1 aliphatic heterocycles. The highest BCUT2D eigenvalue weighted by atomic mass is 35.5. The average Bonchev–Trinajstić information content (AvgIpc) is 2.69. The normalized spacial score (nSPS) is 14.8. The zero-order valence-electron chi connectivity index (χ0n) is 11.3. The fourth-order valence-electron chi connectivity index (χ4n) is 2.80. The topological polar surface area (TPSA) is 3.24 Å². The quantitative estimate of drug-likeness (QED) is 0.703. The molecule has 0 radical (unpaired) electrons. The molecule has 2 aromatic carbocycles. The van der Waals surface area contributed by atoms with Crippen LogP contribution in [0.15, 0.2) is 42.5 Å². The van der Waals surface area contributed by atoms with E-state index in [0.717, 1.165) is 42.2 Å². The molecule has 0 N–H and O–H groups in total.